The van der Waals surface area contributed by atoms with Crippen molar-refractivity contribution in [1.82, 2.24) is 5.32 Å². The van der Waals surface area contributed by atoms with E-state index in [0.717, 1.165) is 17.0 Å². The van der Waals surface area contributed by atoms with Gasteiger partial charge in [0.1, 0.15) is 12.6 Å². The van der Waals surface area contributed by atoms with Crippen LogP contribution in [0.2, 0.25) is 0 Å². The van der Waals surface area contributed by atoms with E-state index in [1.54, 1.807) is 0 Å². The molecule has 1 aromatic carbocycles. The lowest BCUT2D eigenvalue weighted by atomic mass is 10.0. The van der Waals surface area contributed by atoms with Crippen LogP contribution >= 0.6 is 0 Å². The Morgan fingerprint density at radius 3 is 2.52 bits per heavy atom. The predicted molar refractivity (Wildman–Crippen MR) is 70.1 cm³/mol. The SMILES string of the molecule is CC(C)CC1NC(=O)CN(c2ccc(F)c(F)c2F)C1=O. The minimum Gasteiger partial charge on any atom is -0.343 e. The first-order valence-electron chi connectivity index (χ1n) is 6.55. The lowest BCUT2D eigenvalue weighted by molar-refractivity contribution is -0.131. The highest BCUT2D eigenvalue weighted by Gasteiger charge is 2.35. The van der Waals surface area contributed by atoms with Gasteiger partial charge in [-0.15, -0.1) is 0 Å². The quantitative estimate of drug-likeness (QED) is 0.868. The van der Waals surface area contributed by atoms with Crippen molar-refractivity contribution in [2.24, 2.45) is 5.92 Å². The highest BCUT2D eigenvalue weighted by Crippen LogP contribution is 2.26. The van der Waals surface area contributed by atoms with Crippen LogP contribution in [0.3, 0.4) is 0 Å². The third-order valence-electron chi connectivity index (χ3n) is 3.21. The molecule has 1 N–H and O–H groups in total. The number of hydrogen-bond donors (Lipinski definition) is 1. The molecule has 1 aliphatic heterocycles. The maximum atomic E-state index is 13.8. The van der Waals surface area contributed by atoms with Gasteiger partial charge in [0, 0.05) is 0 Å². The van der Waals surface area contributed by atoms with E-state index < -0.39 is 47.5 Å². The number of rotatable bonds is 3. The van der Waals surface area contributed by atoms with Gasteiger partial charge >= 0.3 is 0 Å². The molecule has 7 heteroatoms. The van der Waals surface area contributed by atoms with Crippen molar-refractivity contribution in [1.29, 1.82) is 0 Å². The number of halogens is 3. The molecular weight excluding hydrogens is 285 g/mol. The minimum absolute atomic E-state index is 0.133. The molecule has 1 heterocycles. The zero-order valence-corrected chi connectivity index (χ0v) is 11.6. The first-order valence-corrected chi connectivity index (χ1v) is 6.55. The molecule has 0 bridgehead atoms. The molecule has 4 nitrogen and oxygen atoms in total. The summed E-state index contributed by atoms with van der Waals surface area (Å²) >= 11 is 0. The monoisotopic (exact) mass is 300 g/mol. The van der Waals surface area contributed by atoms with E-state index in [-0.39, 0.29) is 5.92 Å². The molecule has 2 rings (SSSR count). The lowest BCUT2D eigenvalue weighted by Gasteiger charge is -2.33. The van der Waals surface area contributed by atoms with E-state index >= 15 is 0 Å². The van der Waals surface area contributed by atoms with Crippen LogP contribution in [-0.2, 0) is 9.59 Å². The smallest absolute Gasteiger partial charge is 0.250 e. The third kappa shape index (κ3) is 3.01. The first-order chi connectivity index (χ1) is 9.81. The Morgan fingerprint density at radius 1 is 1.24 bits per heavy atom. The van der Waals surface area contributed by atoms with Crippen molar-refractivity contribution in [2.75, 3.05) is 11.4 Å². The summed E-state index contributed by atoms with van der Waals surface area (Å²) in [4.78, 5) is 24.8. The summed E-state index contributed by atoms with van der Waals surface area (Å²) in [6.45, 7) is 3.32. The predicted octanol–water partition coefficient (Wildman–Crippen LogP) is 1.98. The fourth-order valence-corrected chi connectivity index (χ4v) is 2.27. The normalized spacial score (nSPS) is 19.1. The van der Waals surface area contributed by atoms with E-state index in [9.17, 15) is 22.8 Å². The number of nitrogens with one attached hydrogen (secondary N) is 1. The van der Waals surface area contributed by atoms with Gasteiger partial charge in [0.05, 0.1) is 5.69 Å². The van der Waals surface area contributed by atoms with E-state index in [2.05, 4.69) is 5.32 Å². The number of piperazine rings is 1. The maximum absolute atomic E-state index is 13.8. The van der Waals surface area contributed by atoms with Gasteiger partial charge in [-0.05, 0) is 24.5 Å². The van der Waals surface area contributed by atoms with Crippen LogP contribution in [0.25, 0.3) is 0 Å². The Bertz CT molecular complexity index is 590. The molecule has 1 aliphatic rings. The Labute approximate surface area is 119 Å². The summed E-state index contributed by atoms with van der Waals surface area (Å²) < 4.78 is 40.0. The number of nitrogens with zero attached hydrogens (tertiary/aromatic N) is 1. The van der Waals surface area contributed by atoms with E-state index in [4.69, 9.17) is 0 Å². The molecular formula is C14H15F3N2O2. The van der Waals surface area contributed by atoms with Gasteiger partial charge in [-0.1, -0.05) is 13.8 Å². The molecule has 0 aromatic heterocycles. The molecule has 114 valence electrons. The average Bonchev–Trinajstić information content (AvgIpc) is 2.40. The Balaban J connectivity index is 2.36. The summed E-state index contributed by atoms with van der Waals surface area (Å²) in [7, 11) is 0. The second-order valence-corrected chi connectivity index (χ2v) is 5.37. The van der Waals surface area contributed by atoms with Gasteiger partial charge in [0.25, 0.3) is 0 Å². The van der Waals surface area contributed by atoms with Gasteiger partial charge in [0.2, 0.25) is 11.8 Å². The van der Waals surface area contributed by atoms with E-state index in [0.29, 0.717) is 6.42 Å². The number of hydrogen-bond acceptors (Lipinski definition) is 2. The second kappa shape index (κ2) is 5.75. The van der Waals surface area contributed by atoms with Crippen LogP contribution in [0.4, 0.5) is 18.9 Å². The largest absolute Gasteiger partial charge is 0.343 e. The van der Waals surface area contributed by atoms with Gasteiger partial charge in [-0.3, -0.25) is 14.5 Å². The summed E-state index contributed by atoms with van der Waals surface area (Å²) in [5, 5.41) is 2.52. The van der Waals surface area contributed by atoms with Crippen LogP contribution < -0.4 is 10.2 Å². The van der Waals surface area contributed by atoms with Crippen molar-refractivity contribution in [3.05, 3.63) is 29.6 Å². The molecule has 0 spiro atoms. The number of benzene rings is 1. The standard InChI is InChI=1S/C14H15F3N2O2/c1-7(2)5-9-14(21)19(6-11(20)18-9)10-4-3-8(15)12(16)13(10)17/h3-4,7,9H,5-6H2,1-2H3,(H,18,20). The minimum atomic E-state index is -1.66. The number of carbonyl (C=O) groups is 2. The highest BCUT2D eigenvalue weighted by atomic mass is 19.2. The number of amides is 2. The molecule has 1 fully saturated rings. The second-order valence-electron chi connectivity index (χ2n) is 5.37. The molecule has 0 aliphatic carbocycles. The van der Waals surface area contributed by atoms with Gasteiger partial charge in [0.15, 0.2) is 17.5 Å². The van der Waals surface area contributed by atoms with Gasteiger partial charge in [-0.2, -0.15) is 0 Å². The van der Waals surface area contributed by atoms with Crippen molar-refractivity contribution in [3.8, 4) is 0 Å². The average molecular weight is 300 g/mol. The molecule has 1 saturated heterocycles. The highest BCUT2D eigenvalue weighted by molar-refractivity contribution is 6.06. The van der Waals surface area contributed by atoms with Crippen molar-refractivity contribution in [3.63, 3.8) is 0 Å². The fourth-order valence-electron chi connectivity index (χ4n) is 2.27. The lowest BCUT2D eigenvalue weighted by Crippen LogP contribution is -2.58. The topological polar surface area (TPSA) is 49.4 Å². The summed E-state index contributed by atoms with van der Waals surface area (Å²) in [6.07, 6.45) is 0.381. The van der Waals surface area contributed by atoms with E-state index in [1.165, 1.54) is 0 Å². The molecule has 0 saturated carbocycles. The third-order valence-corrected chi connectivity index (χ3v) is 3.21. The Hall–Kier alpha value is -2.05. The molecule has 0 radical (unpaired) electrons. The fraction of sp³-hybridized carbons (Fsp3) is 0.429. The van der Waals surface area contributed by atoms with Crippen LogP contribution in [-0.4, -0.2) is 24.4 Å². The zero-order valence-electron chi connectivity index (χ0n) is 11.6. The number of carbonyl (C=O) groups excluding carboxylic acids is 2. The first kappa shape index (κ1) is 15.3. The van der Waals surface area contributed by atoms with Gasteiger partial charge < -0.3 is 5.32 Å². The van der Waals surface area contributed by atoms with Crippen molar-refractivity contribution in [2.45, 2.75) is 26.3 Å². The molecule has 21 heavy (non-hydrogen) atoms. The van der Waals surface area contributed by atoms with Crippen molar-refractivity contribution < 1.29 is 22.8 Å². The van der Waals surface area contributed by atoms with Crippen LogP contribution in [0, 0.1) is 23.4 Å². The van der Waals surface area contributed by atoms with Crippen LogP contribution in [0.1, 0.15) is 20.3 Å². The molecule has 1 unspecified atom stereocenters. The van der Waals surface area contributed by atoms with Crippen LogP contribution in [0.5, 0.6) is 0 Å². The molecule has 2 amide bonds. The Kier molecular flexibility index (Phi) is 4.20. The van der Waals surface area contributed by atoms with Crippen molar-refractivity contribution >= 4 is 17.5 Å². The summed E-state index contributed by atoms with van der Waals surface area (Å²) in [6, 6.07) is 0.889. The maximum Gasteiger partial charge on any atom is 0.250 e. The van der Waals surface area contributed by atoms with Crippen LogP contribution in [0.15, 0.2) is 12.1 Å². The van der Waals surface area contributed by atoms with Gasteiger partial charge in [-0.25, -0.2) is 13.2 Å². The summed E-state index contributed by atoms with van der Waals surface area (Å²) in [5.74, 6) is -5.34. The zero-order chi connectivity index (χ0) is 15.7. The number of anilines is 1. The summed E-state index contributed by atoms with van der Waals surface area (Å²) in [5.41, 5.74) is -0.428. The molecule has 1 aromatic rings. The van der Waals surface area contributed by atoms with E-state index in [1.807, 2.05) is 13.8 Å². The Morgan fingerprint density at radius 2 is 1.90 bits per heavy atom. The molecule has 1 atom stereocenters.